The highest BCUT2D eigenvalue weighted by Gasteiger charge is 2.07. The molecule has 0 bridgehead atoms. The van der Waals surface area contributed by atoms with Crippen LogP contribution in [0.1, 0.15) is 5.82 Å². The number of aromatic nitrogens is 5. The van der Waals surface area contributed by atoms with Crippen molar-refractivity contribution in [2.45, 2.75) is 0 Å². The zero-order chi connectivity index (χ0) is 14.7. The number of rotatable bonds is 4. The standard InChI is InChI=1S/C12H9N7OS/c1-20-8-2-3-10-9(4-8)15-12(21-10)14-6-7(5-13)11-16-18-19-17-11/h2-4,6H,1H3,(H,14,15)(H,16,17,18,19). The van der Waals surface area contributed by atoms with Crippen molar-refractivity contribution in [3.8, 4) is 11.8 Å². The molecule has 0 fully saturated rings. The molecule has 0 saturated carbocycles. The van der Waals surface area contributed by atoms with Crippen LogP contribution in [-0.4, -0.2) is 32.7 Å². The highest BCUT2D eigenvalue weighted by molar-refractivity contribution is 7.22. The fraction of sp³-hybridized carbons (Fsp3) is 0.0833. The van der Waals surface area contributed by atoms with Crippen molar-refractivity contribution in [1.82, 2.24) is 25.6 Å². The number of anilines is 1. The van der Waals surface area contributed by atoms with Crippen LogP contribution in [0, 0.1) is 11.3 Å². The molecule has 0 aliphatic rings. The topological polar surface area (TPSA) is 112 Å². The molecule has 2 heterocycles. The number of ether oxygens (including phenoxy) is 1. The fourth-order valence-electron chi connectivity index (χ4n) is 1.65. The van der Waals surface area contributed by atoms with Crippen LogP contribution in [0.25, 0.3) is 15.8 Å². The van der Waals surface area contributed by atoms with Gasteiger partial charge in [-0.1, -0.05) is 11.3 Å². The third-order valence-electron chi connectivity index (χ3n) is 2.64. The molecule has 8 nitrogen and oxygen atoms in total. The number of hydrogen-bond acceptors (Lipinski definition) is 8. The van der Waals surface area contributed by atoms with Crippen LogP contribution < -0.4 is 10.1 Å². The molecular formula is C12H9N7OS. The van der Waals surface area contributed by atoms with Crippen LogP contribution in [-0.2, 0) is 0 Å². The Balaban J connectivity index is 1.86. The molecule has 0 aliphatic carbocycles. The molecule has 3 rings (SSSR count). The maximum Gasteiger partial charge on any atom is 0.216 e. The minimum absolute atomic E-state index is 0.229. The van der Waals surface area contributed by atoms with E-state index < -0.39 is 0 Å². The van der Waals surface area contributed by atoms with Gasteiger partial charge in [0.05, 0.1) is 17.3 Å². The van der Waals surface area contributed by atoms with Crippen molar-refractivity contribution < 1.29 is 4.74 Å². The average Bonchev–Trinajstić information content (AvgIpc) is 3.16. The number of thiazole rings is 1. The second-order valence-corrected chi connectivity index (χ2v) is 4.93. The molecule has 0 atom stereocenters. The van der Waals surface area contributed by atoms with E-state index in [-0.39, 0.29) is 11.4 Å². The molecular weight excluding hydrogens is 290 g/mol. The maximum atomic E-state index is 9.07. The smallest absolute Gasteiger partial charge is 0.216 e. The van der Waals surface area contributed by atoms with E-state index >= 15 is 0 Å². The first-order chi connectivity index (χ1) is 10.3. The minimum atomic E-state index is 0.229. The first kappa shape index (κ1) is 13.0. The van der Waals surface area contributed by atoms with E-state index in [4.69, 9.17) is 10.00 Å². The maximum absolute atomic E-state index is 9.07. The molecule has 0 spiro atoms. The molecule has 1 aromatic carbocycles. The van der Waals surface area contributed by atoms with Crippen LogP contribution in [0.3, 0.4) is 0 Å². The van der Waals surface area contributed by atoms with Gasteiger partial charge in [-0.25, -0.2) is 4.98 Å². The predicted octanol–water partition coefficient (Wildman–Crippen LogP) is 1.79. The van der Waals surface area contributed by atoms with Gasteiger partial charge in [0.15, 0.2) is 5.13 Å². The lowest BCUT2D eigenvalue weighted by Gasteiger charge is -1.96. The number of aromatic amines is 1. The number of tetrazole rings is 1. The van der Waals surface area contributed by atoms with Crippen molar-refractivity contribution >= 4 is 32.3 Å². The lowest BCUT2D eigenvalue weighted by Crippen LogP contribution is -1.92. The summed E-state index contributed by atoms with van der Waals surface area (Å²) in [5.41, 5.74) is 1.09. The Morgan fingerprint density at radius 2 is 2.43 bits per heavy atom. The van der Waals surface area contributed by atoms with E-state index in [9.17, 15) is 0 Å². The van der Waals surface area contributed by atoms with Gasteiger partial charge in [-0.15, -0.1) is 10.2 Å². The predicted molar refractivity (Wildman–Crippen MR) is 77.6 cm³/mol. The number of fused-ring (bicyclic) bond motifs is 1. The first-order valence-electron chi connectivity index (χ1n) is 5.85. The largest absolute Gasteiger partial charge is 0.497 e. The zero-order valence-corrected chi connectivity index (χ0v) is 11.7. The lowest BCUT2D eigenvalue weighted by atomic mass is 10.3. The summed E-state index contributed by atoms with van der Waals surface area (Å²) in [5, 5.41) is 25.9. The van der Waals surface area contributed by atoms with Crippen LogP contribution >= 0.6 is 11.3 Å². The van der Waals surface area contributed by atoms with Gasteiger partial charge >= 0.3 is 0 Å². The molecule has 104 valence electrons. The number of allylic oxidation sites excluding steroid dienone is 1. The Labute approximate surface area is 123 Å². The molecule has 0 unspecified atom stereocenters. The molecule has 9 heteroatoms. The number of nitriles is 1. The molecule has 2 aromatic heterocycles. The normalized spacial score (nSPS) is 11.3. The third-order valence-corrected chi connectivity index (χ3v) is 3.61. The van der Waals surface area contributed by atoms with Crippen molar-refractivity contribution in [1.29, 1.82) is 5.26 Å². The summed E-state index contributed by atoms with van der Waals surface area (Å²) >= 11 is 1.47. The molecule has 0 aliphatic heterocycles. The zero-order valence-electron chi connectivity index (χ0n) is 10.9. The monoisotopic (exact) mass is 299 g/mol. The average molecular weight is 299 g/mol. The highest BCUT2D eigenvalue weighted by Crippen LogP contribution is 2.29. The SMILES string of the molecule is COc1ccc2sc(NC=C(C#N)c3nn[nH]n3)nc2c1. The summed E-state index contributed by atoms with van der Waals surface area (Å²) in [7, 11) is 1.61. The summed E-state index contributed by atoms with van der Waals surface area (Å²) in [6.07, 6.45) is 1.50. The molecule has 0 saturated heterocycles. The number of hydrogen-bond donors (Lipinski definition) is 2. The number of benzene rings is 1. The Morgan fingerprint density at radius 1 is 1.52 bits per heavy atom. The number of H-pyrrole nitrogens is 1. The summed E-state index contributed by atoms with van der Waals surface area (Å²) in [6.45, 7) is 0. The van der Waals surface area contributed by atoms with E-state index in [1.165, 1.54) is 17.5 Å². The van der Waals surface area contributed by atoms with Gasteiger partial charge in [-0.2, -0.15) is 10.5 Å². The van der Waals surface area contributed by atoms with Gasteiger partial charge in [-0.3, -0.25) is 0 Å². The van der Waals surface area contributed by atoms with E-state index in [1.807, 2.05) is 24.3 Å². The molecule has 3 aromatic rings. The number of nitrogens with one attached hydrogen (secondary N) is 2. The summed E-state index contributed by atoms with van der Waals surface area (Å²) in [5.74, 6) is 0.979. The second-order valence-electron chi connectivity index (χ2n) is 3.90. The molecule has 0 radical (unpaired) electrons. The van der Waals surface area contributed by atoms with Crippen molar-refractivity contribution in [3.05, 3.63) is 30.2 Å². The van der Waals surface area contributed by atoms with Crippen LogP contribution in [0.15, 0.2) is 24.4 Å². The van der Waals surface area contributed by atoms with E-state index in [2.05, 4.69) is 30.9 Å². The third kappa shape index (κ3) is 2.65. The van der Waals surface area contributed by atoms with E-state index in [0.29, 0.717) is 5.13 Å². The molecule has 2 N–H and O–H groups in total. The van der Waals surface area contributed by atoms with Crippen LogP contribution in [0.2, 0.25) is 0 Å². The number of nitrogens with zero attached hydrogens (tertiary/aromatic N) is 5. The van der Waals surface area contributed by atoms with Gasteiger partial charge in [0, 0.05) is 12.3 Å². The van der Waals surface area contributed by atoms with Gasteiger partial charge in [-0.05, 0) is 17.3 Å². The Morgan fingerprint density at radius 3 is 3.14 bits per heavy atom. The Bertz CT molecular complexity index is 831. The highest BCUT2D eigenvalue weighted by atomic mass is 32.1. The van der Waals surface area contributed by atoms with Crippen molar-refractivity contribution in [2.75, 3.05) is 12.4 Å². The minimum Gasteiger partial charge on any atom is -0.497 e. The Hall–Kier alpha value is -2.99. The van der Waals surface area contributed by atoms with Crippen molar-refractivity contribution in [2.24, 2.45) is 0 Å². The Kier molecular flexibility index (Phi) is 3.44. The quantitative estimate of drug-likeness (QED) is 0.706. The van der Waals surface area contributed by atoms with Gasteiger partial charge in [0.25, 0.3) is 0 Å². The fourth-order valence-corrected chi connectivity index (χ4v) is 2.47. The molecule has 21 heavy (non-hydrogen) atoms. The van der Waals surface area contributed by atoms with Crippen LogP contribution in [0.5, 0.6) is 5.75 Å². The number of methoxy groups -OCH3 is 1. The van der Waals surface area contributed by atoms with E-state index in [0.717, 1.165) is 16.0 Å². The van der Waals surface area contributed by atoms with Gasteiger partial charge in [0.2, 0.25) is 5.82 Å². The summed E-state index contributed by atoms with van der Waals surface area (Å²) < 4.78 is 6.18. The van der Waals surface area contributed by atoms with E-state index in [1.54, 1.807) is 7.11 Å². The van der Waals surface area contributed by atoms with Gasteiger partial charge in [0.1, 0.15) is 17.4 Å². The first-order valence-corrected chi connectivity index (χ1v) is 6.67. The summed E-state index contributed by atoms with van der Waals surface area (Å²) in [4.78, 5) is 4.42. The van der Waals surface area contributed by atoms with Crippen LogP contribution in [0.4, 0.5) is 5.13 Å². The van der Waals surface area contributed by atoms with Crippen molar-refractivity contribution in [3.63, 3.8) is 0 Å². The summed E-state index contributed by atoms with van der Waals surface area (Å²) in [6, 6.07) is 7.66. The van der Waals surface area contributed by atoms with Gasteiger partial charge < -0.3 is 10.1 Å². The molecule has 0 amide bonds. The lowest BCUT2D eigenvalue weighted by molar-refractivity contribution is 0.415. The second kappa shape index (κ2) is 5.56.